The number of hydrogen-bond donors (Lipinski definition) is 2. The molecule has 0 fully saturated rings. The Morgan fingerprint density at radius 1 is 0.889 bits per heavy atom. The molecule has 0 spiro atoms. The number of hydrogen-bond acceptors (Lipinski definition) is 5. The van der Waals surface area contributed by atoms with E-state index in [1.807, 2.05) is 0 Å². The third-order valence-electron chi connectivity index (χ3n) is 5.24. The molecule has 0 saturated carbocycles. The second kappa shape index (κ2) is 8.98. The van der Waals surface area contributed by atoms with Crippen molar-refractivity contribution >= 4 is 28.8 Å². The second-order valence-corrected chi connectivity index (χ2v) is 7.71. The van der Waals surface area contributed by atoms with Gasteiger partial charge in [0.15, 0.2) is 11.5 Å². The molecule has 0 aliphatic carbocycles. The van der Waals surface area contributed by atoms with Crippen LogP contribution in [-0.4, -0.2) is 36.0 Å². The fourth-order valence-electron chi connectivity index (χ4n) is 3.57. The highest BCUT2D eigenvalue weighted by Crippen LogP contribution is 2.27. The summed E-state index contributed by atoms with van der Waals surface area (Å²) in [4.78, 5) is 33.3. The SMILES string of the molecule is Cn1ccc(NC(=O)c2ncn3cc(NC(=O)c4ccc(F)c(-c5c(F)cccc5F)n4)ccc23)n1. The van der Waals surface area contributed by atoms with E-state index in [2.05, 4.69) is 25.7 Å². The van der Waals surface area contributed by atoms with Crippen LogP contribution in [0, 0.1) is 17.5 Å². The van der Waals surface area contributed by atoms with E-state index in [0.29, 0.717) is 17.0 Å². The highest BCUT2D eigenvalue weighted by molar-refractivity contribution is 6.07. The van der Waals surface area contributed by atoms with Gasteiger partial charge in [0.2, 0.25) is 0 Å². The largest absolute Gasteiger partial charge is 0.319 e. The fourth-order valence-corrected chi connectivity index (χ4v) is 3.57. The first-order valence-electron chi connectivity index (χ1n) is 10.5. The number of carbonyl (C=O) groups is 2. The minimum atomic E-state index is -1.01. The van der Waals surface area contributed by atoms with Crippen LogP contribution in [0.2, 0.25) is 0 Å². The number of nitrogens with one attached hydrogen (secondary N) is 2. The molecule has 180 valence electrons. The summed E-state index contributed by atoms with van der Waals surface area (Å²) >= 11 is 0. The van der Waals surface area contributed by atoms with Gasteiger partial charge in [0.1, 0.15) is 35.2 Å². The van der Waals surface area contributed by atoms with Crippen LogP contribution in [0.1, 0.15) is 21.0 Å². The van der Waals surface area contributed by atoms with Gasteiger partial charge in [0, 0.05) is 25.5 Å². The molecule has 4 heterocycles. The van der Waals surface area contributed by atoms with Crippen LogP contribution in [0.3, 0.4) is 0 Å². The second-order valence-electron chi connectivity index (χ2n) is 7.71. The lowest BCUT2D eigenvalue weighted by Gasteiger charge is -2.09. The van der Waals surface area contributed by atoms with E-state index in [9.17, 15) is 22.8 Å². The van der Waals surface area contributed by atoms with Crippen LogP contribution in [-0.2, 0) is 7.05 Å². The zero-order valence-electron chi connectivity index (χ0n) is 18.5. The molecule has 5 rings (SSSR count). The van der Waals surface area contributed by atoms with Gasteiger partial charge in [0.05, 0.1) is 16.8 Å². The summed E-state index contributed by atoms with van der Waals surface area (Å²) in [6, 6.07) is 9.84. The lowest BCUT2D eigenvalue weighted by molar-refractivity contribution is 0.101. The van der Waals surface area contributed by atoms with E-state index in [1.54, 1.807) is 30.1 Å². The van der Waals surface area contributed by atoms with Gasteiger partial charge in [-0.25, -0.2) is 23.1 Å². The molecule has 0 unspecified atom stereocenters. The molecule has 5 aromatic rings. The summed E-state index contributed by atoms with van der Waals surface area (Å²) in [5.41, 5.74) is -0.608. The van der Waals surface area contributed by atoms with Crippen LogP contribution in [0.15, 0.2) is 67.3 Å². The van der Waals surface area contributed by atoms with Crippen molar-refractivity contribution in [1.82, 2.24) is 24.1 Å². The van der Waals surface area contributed by atoms with Crippen molar-refractivity contribution < 1.29 is 22.8 Å². The molecular weight excluding hydrogens is 475 g/mol. The lowest BCUT2D eigenvalue weighted by atomic mass is 10.1. The predicted molar refractivity (Wildman–Crippen MR) is 124 cm³/mol. The molecule has 0 bridgehead atoms. The van der Waals surface area contributed by atoms with Crippen molar-refractivity contribution in [3.8, 4) is 11.3 Å². The quantitative estimate of drug-likeness (QED) is 0.386. The first kappa shape index (κ1) is 22.8. The van der Waals surface area contributed by atoms with E-state index in [4.69, 9.17) is 0 Å². The number of benzene rings is 1. The summed E-state index contributed by atoms with van der Waals surface area (Å²) in [6.07, 6.45) is 4.59. The Kier molecular flexibility index (Phi) is 5.68. The standard InChI is InChI=1S/C24H16F3N7O2/c1-33-10-9-19(32-33)31-24(36)22-18-8-5-13(11-34(18)12-28-22)29-23(35)17-7-6-16(27)21(30-17)20-14(25)3-2-4-15(20)26/h2-12H,1H3,(H,29,35)(H,31,32,36). The van der Waals surface area contributed by atoms with Crippen molar-refractivity contribution in [3.05, 3.63) is 96.1 Å². The molecular formula is C24H16F3N7O2. The van der Waals surface area contributed by atoms with Gasteiger partial charge in [-0.3, -0.25) is 14.3 Å². The smallest absolute Gasteiger partial charge is 0.277 e. The molecule has 0 radical (unpaired) electrons. The molecule has 36 heavy (non-hydrogen) atoms. The highest BCUT2D eigenvalue weighted by atomic mass is 19.1. The van der Waals surface area contributed by atoms with Gasteiger partial charge in [-0.15, -0.1) is 0 Å². The summed E-state index contributed by atoms with van der Waals surface area (Å²) < 4.78 is 45.7. The van der Waals surface area contributed by atoms with Gasteiger partial charge < -0.3 is 15.0 Å². The number of aromatic nitrogens is 5. The normalized spacial score (nSPS) is 11.0. The van der Waals surface area contributed by atoms with Gasteiger partial charge in [0.25, 0.3) is 11.8 Å². The summed E-state index contributed by atoms with van der Waals surface area (Å²) in [5.74, 6) is -3.82. The Hall–Kier alpha value is -5.00. The molecule has 0 atom stereocenters. The monoisotopic (exact) mass is 491 g/mol. The third-order valence-corrected chi connectivity index (χ3v) is 5.24. The number of carbonyl (C=O) groups excluding carboxylic acids is 2. The number of halogens is 3. The number of pyridine rings is 2. The molecule has 0 aliphatic rings. The fraction of sp³-hybridized carbons (Fsp3) is 0.0417. The average molecular weight is 491 g/mol. The van der Waals surface area contributed by atoms with Gasteiger partial charge in [-0.2, -0.15) is 5.10 Å². The van der Waals surface area contributed by atoms with E-state index >= 15 is 0 Å². The molecule has 2 amide bonds. The van der Waals surface area contributed by atoms with E-state index in [1.165, 1.54) is 23.0 Å². The molecule has 9 nitrogen and oxygen atoms in total. The summed E-state index contributed by atoms with van der Waals surface area (Å²) in [5, 5.41) is 9.32. The van der Waals surface area contributed by atoms with Gasteiger partial charge in [-0.05, 0) is 36.4 Å². The van der Waals surface area contributed by atoms with Crippen LogP contribution >= 0.6 is 0 Å². The zero-order valence-corrected chi connectivity index (χ0v) is 18.5. The Morgan fingerprint density at radius 2 is 1.67 bits per heavy atom. The number of fused-ring (bicyclic) bond motifs is 1. The maximum absolute atomic E-state index is 14.3. The van der Waals surface area contributed by atoms with Crippen LogP contribution in [0.5, 0.6) is 0 Å². The average Bonchev–Trinajstić information content (AvgIpc) is 3.45. The van der Waals surface area contributed by atoms with E-state index in [0.717, 1.165) is 30.3 Å². The third kappa shape index (κ3) is 4.27. The minimum absolute atomic E-state index is 0.148. The first-order valence-corrected chi connectivity index (χ1v) is 10.5. The van der Waals surface area contributed by atoms with E-state index in [-0.39, 0.29) is 11.4 Å². The molecule has 1 aromatic carbocycles. The van der Waals surface area contributed by atoms with E-state index < -0.39 is 40.5 Å². The molecule has 0 saturated heterocycles. The predicted octanol–water partition coefficient (Wildman–Crippen LogP) is 4.05. The minimum Gasteiger partial charge on any atom is -0.319 e. The van der Waals surface area contributed by atoms with Crippen molar-refractivity contribution in [1.29, 1.82) is 0 Å². The Labute approximate surface area is 201 Å². The van der Waals surface area contributed by atoms with Gasteiger partial charge >= 0.3 is 0 Å². The zero-order chi connectivity index (χ0) is 25.4. The van der Waals surface area contributed by atoms with Crippen molar-refractivity contribution in [2.24, 2.45) is 7.05 Å². The van der Waals surface area contributed by atoms with Crippen LogP contribution in [0.25, 0.3) is 16.8 Å². The Balaban J connectivity index is 1.38. The molecule has 0 aliphatic heterocycles. The first-order chi connectivity index (χ1) is 17.3. The Morgan fingerprint density at radius 3 is 2.39 bits per heavy atom. The highest BCUT2D eigenvalue weighted by Gasteiger charge is 2.20. The number of anilines is 2. The maximum Gasteiger partial charge on any atom is 0.277 e. The van der Waals surface area contributed by atoms with Crippen molar-refractivity contribution in [3.63, 3.8) is 0 Å². The summed E-state index contributed by atoms with van der Waals surface area (Å²) in [6.45, 7) is 0. The Bertz CT molecular complexity index is 1620. The number of nitrogens with zero attached hydrogens (tertiary/aromatic N) is 5. The van der Waals surface area contributed by atoms with Crippen molar-refractivity contribution in [2.75, 3.05) is 10.6 Å². The van der Waals surface area contributed by atoms with Gasteiger partial charge in [-0.1, -0.05) is 6.07 Å². The lowest BCUT2D eigenvalue weighted by Crippen LogP contribution is -2.15. The summed E-state index contributed by atoms with van der Waals surface area (Å²) in [7, 11) is 1.72. The topological polar surface area (TPSA) is 106 Å². The molecule has 4 aromatic heterocycles. The molecule has 12 heteroatoms. The number of rotatable bonds is 5. The van der Waals surface area contributed by atoms with Crippen LogP contribution < -0.4 is 10.6 Å². The number of amides is 2. The van der Waals surface area contributed by atoms with Crippen LogP contribution in [0.4, 0.5) is 24.7 Å². The maximum atomic E-state index is 14.3. The number of imidazole rings is 1. The molecule has 2 N–H and O–H groups in total. The van der Waals surface area contributed by atoms with Crippen molar-refractivity contribution in [2.45, 2.75) is 0 Å². The number of aryl methyl sites for hydroxylation is 1.